The number of hydrogen-bond acceptors (Lipinski definition) is 3. The van der Waals surface area contributed by atoms with Crippen molar-refractivity contribution in [2.75, 3.05) is 33.3 Å². The number of methoxy groups -OCH3 is 1. The van der Waals surface area contributed by atoms with E-state index in [-0.39, 0.29) is 18.3 Å². The Morgan fingerprint density at radius 1 is 1.17 bits per heavy atom. The second-order valence-electron chi connectivity index (χ2n) is 7.37. The quantitative estimate of drug-likeness (QED) is 0.909. The average molecular weight is 353 g/mol. The highest BCUT2D eigenvalue weighted by molar-refractivity contribution is 5.88. The maximum Gasteiger partial charge on any atom is 0.232 e. The number of hydrogen-bond donors (Lipinski definition) is 1. The molecule has 2 saturated heterocycles. The Kier molecular flexibility index (Phi) is 6.16. The molecule has 0 radical (unpaired) electrons. The van der Waals surface area contributed by atoms with E-state index in [0.29, 0.717) is 0 Å². The van der Waals surface area contributed by atoms with E-state index in [0.717, 1.165) is 62.2 Å². The van der Waals surface area contributed by atoms with Gasteiger partial charge in [0, 0.05) is 18.7 Å². The minimum atomic E-state index is -0.565. The molecule has 2 heterocycles. The van der Waals surface area contributed by atoms with E-state index >= 15 is 0 Å². The Balaban J connectivity index is 0.00000208. The summed E-state index contributed by atoms with van der Waals surface area (Å²) >= 11 is 0. The van der Waals surface area contributed by atoms with Gasteiger partial charge in [-0.25, -0.2) is 0 Å². The largest absolute Gasteiger partial charge is 0.496 e. The molecule has 1 aromatic rings. The van der Waals surface area contributed by atoms with Crippen LogP contribution in [0.15, 0.2) is 24.3 Å². The maximum atomic E-state index is 13.2. The third kappa shape index (κ3) is 3.55. The van der Waals surface area contributed by atoms with Crippen molar-refractivity contribution in [2.24, 2.45) is 11.8 Å². The fraction of sp³-hybridized carbons (Fsp3) is 0.632. The summed E-state index contributed by atoms with van der Waals surface area (Å²) in [7, 11) is 1.67. The van der Waals surface area contributed by atoms with Gasteiger partial charge in [0.2, 0.25) is 5.91 Å². The number of ether oxygens (including phenoxy) is 1. The molecule has 0 bridgehead atoms. The number of carbonyl (C=O) groups excluding carboxylic acids is 1. The third-order valence-electron chi connectivity index (χ3n) is 5.62. The van der Waals surface area contributed by atoms with Gasteiger partial charge >= 0.3 is 0 Å². The molecule has 0 aliphatic carbocycles. The van der Waals surface area contributed by atoms with Crippen molar-refractivity contribution < 1.29 is 9.53 Å². The van der Waals surface area contributed by atoms with Crippen LogP contribution in [-0.4, -0.2) is 44.1 Å². The van der Waals surface area contributed by atoms with Crippen LogP contribution in [0.25, 0.3) is 0 Å². The van der Waals surface area contributed by atoms with Crippen molar-refractivity contribution in [3.05, 3.63) is 29.8 Å². The van der Waals surface area contributed by atoms with Crippen LogP contribution in [0.5, 0.6) is 5.75 Å². The molecule has 5 heteroatoms. The fourth-order valence-corrected chi connectivity index (χ4v) is 4.09. The Bertz CT molecular complexity index is 562. The minimum absolute atomic E-state index is 0. The van der Waals surface area contributed by atoms with Crippen molar-refractivity contribution in [1.82, 2.24) is 10.2 Å². The van der Waals surface area contributed by atoms with Crippen LogP contribution < -0.4 is 10.1 Å². The Morgan fingerprint density at radius 3 is 2.33 bits per heavy atom. The molecule has 0 aromatic heterocycles. The number of para-hydroxylation sites is 1. The molecule has 1 amide bonds. The zero-order chi connectivity index (χ0) is 16.4. The number of nitrogens with zero attached hydrogens (tertiary/aromatic N) is 1. The predicted molar refractivity (Wildman–Crippen MR) is 98.9 cm³/mol. The molecule has 24 heavy (non-hydrogen) atoms. The third-order valence-corrected chi connectivity index (χ3v) is 5.62. The molecule has 2 fully saturated rings. The monoisotopic (exact) mass is 352 g/mol. The van der Waals surface area contributed by atoms with Crippen LogP contribution in [0.3, 0.4) is 0 Å². The lowest BCUT2D eigenvalue weighted by molar-refractivity contribution is -0.136. The van der Waals surface area contributed by atoms with Gasteiger partial charge in [-0.3, -0.25) is 4.79 Å². The number of benzene rings is 1. The number of nitrogens with one attached hydrogen (secondary N) is 1. The number of amides is 1. The molecule has 3 rings (SSSR count). The Morgan fingerprint density at radius 2 is 1.75 bits per heavy atom. The van der Waals surface area contributed by atoms with Crippen LogP contribution in [0.2, 0.25) is 0 Å². The molecular weight excluding hydrogens is 324 g/mol. The summed E-state index contributed by atoms with van der Waals surface area (Å²) in [6.07, 6.45) is 2.23. The normalized spacial score (nSPS) is 23.9. The molecular formula is C19H29ClN2O2. The van der Waals surface area contributed by atoms with E-state index in [1.165, 1.54) is 0 Å². The molecule has 2 aliphatic heterocycles. The molecule has 0 unspecified atom stereocenters. The molecule has 134 valence electrons. The van der Waals surface area contributed by atoms with Gasteiger partial charge in [-0.15, -0.1) is 12.4 Å². The van der Waals surface area contributed by atoms with Gasteiger partial charge in [-0.05, 0) is 57.7 Å². The van der Waals surface area contributed by atoms with E-state index in [4.69, 9.17) is 4.74 Å². The molecule has 1 aromatic carbocycles. The van der Waals surface area contributed by atoms with Crippen LogP contribution >= 0.6 is 12.4 Å². The zero-order valence-electron chi connectivity index (χ0n) is 14.9. The second-order valence-corrected chi connectivity index (χ2v) is 7.37. The molecule has 2 atom stereocenters. The maximum absolute atomic E-state index is 13.2. The van der Waals surface area contributed by atoms with E-state index in [9.17, 15) is 4.79 Å². The number of likely N-dealkylation sites (tertiary alicyclic amines) is 1. The molecule has 1 N–H and O–H groups in total. The summed E-state index contributed by atoms with van der Waals surface area (Å²) in [6, 6.07) is 7.87. The SMILES string of the molecule is COc1ccccc1C(C)(C)C(=O)N1CC[C@@H]2CNC[C@@H]2CC1.Cl. The number of carbonyl (C=O) groups is 1. The van der Waals surface area contributed by atoms with Crippen molar-refractivity contribution in [1.29, 1.82) is 0 Å². The van der Waals surface area contributed by atoms with Gasteiger partial charge in [0.25, 0.3) is 0 Å². The Labute approximate surface area is 151 Å². The summed E-state index contributed by atoms with van der Waals surface area (Å²) in [5.74, 6) is 2.49. The van der Waals surface area contributed by atoms with E-state index in [2.05, 4.69) is 10.2 Å². The van der Waals surface area contributed by atoms with Crippen molar-refractivity contribution >= 4 is 18.3 Å². The van der Waals surface area contributed by atoms with Crippen molar-refractivity contribution in [2.45, 2.75) is 32.1 Å². The summed E-state index contributed by atoms with van der Waals surface area (Å²) < 4.78 is 5.48. The minimum Gasteiger partial charge on any atom is -0.496 e. The highest BCUT2D eigenvalue weighted by Gasteiger charge is 2.38. The Hall–Kier alpha value is -1.26. The zero-order valence-corrected chi connectivity index (χ0v) is 15.7. The fourth-order valence-electron chi connectivity index (χ4n) is 4.09. The smallest absolute Gasteiger partial charge is 0.232 e. The van der Waals surface area contributed by atoms with Gasteiger partial charge in [-0.1, -0.05) is 18.2 Å². The van der Waals surface area contributed by atoms with Crippen LogP contribution in [0.1, 0.15) is 32.3 Å². The molecule has 2 aliphatic rings. The lowest BCUT2D eigenvalue weighted by atomic mass is 9.82. The summed E-state index contributed by atoms with van der Waals surface area (Å²) in [6.45, 7) is 8.01. The van der Waals surface area contributed by atoms with E-state index in [1.807, 2.05) is 38.1 Å². The number of rotatable bonds is 3. The van der Waals surface area contributed by atoms with Gasteiger partial charge in [0.15, 0.2) is 0 Å². The van der Waals surface area contributed by atoms with E-state index in [1.54, 1.807) is 7.11 Å². The summed E-state index contributed by atoms with van der Waals surface area (Å²) in [5.41, 5.74) is 0.406. The van der Waals surface area contributed by atoms with Gasteiger partial charge in [-0.2, -0.15) is 0 Å². The summed E-state index contributed by atoms with van der Waals surface area (Å²) in [5, 5.41) is 3.49. The highest BCUT2D eigenvalue weighted by atomic mass is 35.5. The molecule has 0 saturated carbocycles. The number of fused-ring (bicyclic) bond motifs is 1. The van der Waals surface area contributed by atoms with Crippen molar-refractivity contribution in [3.63, 3.8) is 0 Å². The molecule has 0 spiro atoms. The van der Waals surface area contributed by atoms with Gasteiger partial charge in [0.05, 0.1) is 12.5 Å². The van der Waals surface area contributed by atoms with E-state index < -0.39 is 5.41 Å². The average Bonchev–Trinajstić information content (AvgIpc) is 2.92. The first-order valence-electron chi connectivity index (χ1n) is 8.67. The second kappa shape index (κ2) is 7.75. The van der Waals surface area contributed by atoms with Crippen LogP contribution in [0.4, 0.5) is 0 Å². The first-order chi connectivity index (χ1) is 11.0. The molecule has 4 nitrogen and oxygen atoms in total. The van der Waals surface area contributed by atoms with Crippen molar-refractivity contribution in [3.8, 4) is 5.75 Å². The predicted octanol–water partition coefficient (Wildman–Crippen LogP) is 2.85. The van der Waals surface area contributed by atoms with Gasteiger partial charge in [0.1, 0.15) is 5.75 Å². The topological polar surface area (TPSA) is 41.6 Å². The van der Waals surface area contributed by atoms with Gasteiger partial charge < -0.3 is 15.0 Å². The lowest BCUT2D eigenvalue weighted by Gasteiger charge is -2.32. The van der Waals surface area contributed by atoms with Crippen LogP contribution in [0, 0.1) is 11.8 Å². The standard InChI is InChI=1S/C19H28N2O2.ClH/c1-19(2,16-6-4-5-7-17(16)23-3)18(22)21-10-8-14-12-20-13-15(14)9-11-21;/h4-7,14-15,20H,8-13H2,1-3H3;1H/t14-,15+;. The van der Waals surface area contributed by atoms with Crippen LogP contribution in [-0.2, 0) is 10.2 Å². The summed E-state index contributed by atoms with van der Waals surface area (Å²) in [4.78, 5) is 15.3. The lowest BCUT2D eigenvalue weighted by Crippen LogP contribution is -2.44. The first-order valence-corrected chi connectivity index (χ1v) is 8.67. The first kappa shape index (κ1) is 19.1. The number of halogens is 1. The highest BCUT2D eigenvalue weighted by Crippen LogP contribution is 2.35.